The van der Waals surface area contributed by atoms with E-state index in [0.29, 0.717) is 33.9 Å². The number of esters is 2. The molecule has 2 atom stereocenters. The van der Waals surface area contributed by atoms with Gasteiger partial charge in [0.15, 0.2) is 23.7 Å². The summed E-state index contributed by atoms with van der Waals surface area (Å²) in [6.07, 6.45) is -1.81. The third kappa shape index (κ3) is 6.09. The average molecular weight is 596 g/mol. The summed E-state index contributed by atoms with van der Waals surface area (Å²) in [7, 11) is 1.51. The predicted octanol–water partition coefficient (Wildman–Crippen LogP) is 6.01. The molecule has 0 unspecified atom stereocenters. The number of rotatable bonds is 7. The molecule has 0 bridgehead atoms. The number of halogens is 1. The number of hydrogen-bond donors (Lipinski definition) is 0. The van der Waals surface area contributed by atoms with Crippen LogP contribution in [0.25, 0.3) is 0 Å². The van der Waals surface area contributed by atoms with Gasteiger partial charge in [0.1, 0.15) is 5.60 Å². The van der Waals surface area contributed by atoms with Crippen LogP contribution in [0, 0.1) is 0 Å². The van der Waals surface area contributed by atoms with Gasteiger partial charge in [-0.15, -0.1) is 0 Å². The zero-order valence-electron chi connectivity index (χ0n) is 22.4. The zero-order valence-corrected chi connectivity index (χ0v) is 24.0. The molecule has 3 aromatic rings. The van der Waals surface area contributed by atoms with Crippen LogP contribution in [0.2, 0.25) is 0 Å². The highest BCUT2D eigenvalue weighted by Gasteiger charge is 2.49. The van der Waals surface area contributed by atoms with Crippen LogP contribution >= 0.6 is 15.9 Å². The SMILES string of the molecule is COc1c(CN(C(=O)c2ccccc2)c2cccc(Br)c2)ccc2c1OC(C)(C)[C@@H](OC(C)=O)[C@H]2OC(C)=O. The van der Waals surface area contributed by atoms with Gasteiger partial charge in [0.2, 0.25) is 0 Å². The highest BCUT2D eigenvalue weighted by atomic mass is 79.9. The van der Waals surface area contributed by atoms with E-state index >= 15 is 0 Å². The van der Waals surface area contributed by atoms with Gasteiger partial charge in [0.05, 0.1) is 13.7 Å². The van der Waals surface area contributed by atoms with E-state index in [0.717, 1.165) is 4.47 Å². The van der Waals surface area contributed by atoms with Gasteiger partial charge in [-0.3, -0.25) is 14.4 Å². The van der Waals surface area contributed by atoms with E-state index in [1.54, 1.807) is 43.0 Å². The number of carbonyl (C=O) groups excluding carboxylic acids is 3. The standard InChI is InChI=1S/C30H30BrNO7/c1-18(33)37-27-24-15-14-21(25(36-5)26(24)39-30(3,4)28(27)38-19(2)34)17-32(23-13-9-12-22(31)16-23)29(35)20-10-7-6-8-11-20/h6-16,27-28H,17H2,1-5H3/t27-,28-/m0/s1. The second kappa shape index (κ2) is 11.5. The molecule has 1 aliphatic rings. The second-order valence-electron chi connectivity index (χ2n) is 9.68. The van der Waals surface area contributed by atoms with Gasteiger partial charge in [0.25, 0.3) is 5.91 Å². The van der Waals surface area contributed by atoms with Crippen LogP contribution in [0.4, 0.5) is 5.69 Å². The van der Waals surface area contributed by atoms with Crippen molar-refractivity contribution in [3.05, 3.63) is 87.9 Å². The van der Waals surface area contributed by atoms with Crippen molar-refractivity contribution in [2.45, 2.75) is 52.0 Å². The first-order chi connectivity index (χ1) is 18.5. The molecule has 0 spiro atoms. The van der Waals surface area contributed by atoms with E-state index in [2.05, 4.69) is 15.9 Å². The number of amides is 1. The van der Waals surface area contributed by atoms with E-state index in [1.807, 2.05) is 42.5 Å². The van der Waals surface area contributed by atoms with Crippen LogP contribution in [-0.2, 0) is 25.6 Å². The lowest BCUT2D eigenvalue weighted by molar-refractivity contribution is -0.188. The lowest BCUT2D eigenvalue weighted by Crippen LogP contribution is -2.52. The van der Waals surface area contributed by atoms with Crippen LogP contribution < -0.4 is 14.4 Å². The number of methoxy groups -OCH3 is 1. The summed E-state index contributed by atoms with van der Waals surface area (Å²) in [5.74, 6) is -0.499. The minimum Gasteiger partial charge on any atom is -0.492 e. The largest absolute Gasteiger partial charge is 0.492 e. The van der Waals surface area contributed by atoms with E-state index in [1.165, 1.54) is 21.0 Å². The van der Waals surface area contributed by atoms with E-state index in [9.17, 15) is 14.4 Å². The molecule has 4 rings (SSSR count). The number of ether oxygens (including phenoxy) is 4. The molecule has 0 aliphatic carbocycles. The van der Waals surface area contributed by atoms with Crippen molar-refractivity contribution in [2.75, 3.05) is 12.0 Å². The van der Waals surface area contributed by atoms with Gasteiger partial charge in [-0.2, -0.15) is 0 Å². The average Bonchev–Trinajstić information content (AvgIpc) is 2.88. The molecule has 0 saturated carbocycles. The van der Waals surface area contributed by atoms with Gasteiger partial charge in [-0.05, 0) is 44.2 Å². The number of carbonyl (C=O) groups is 3. The Bertz CT molecular complexity index is 1390. The Morgan fingerprint density at radius 1 is 0.949 bits per heavy atom. The molecule has 0 radical (unpaired) electrons. The molecule has 9 heteroatoms. The quantitative estimate of drug-likeness (QED) is 0.309. The molecule has 1 amide bonds. The van der Waals surface area contributed by atoms with E-state index in [4.69, 9.17) is 18.9 Å². The molecule has 0 saturated heterocycles. The third-order valence-corrected chi connectivity index (χ3v) is 6.85. The van der Waals surface area contributed by atoms with E-state index in [-0.39, 0.29) is 12.5 Å². The summed E-state index contributed by atoms with van der Waals surface area (Å²) >= 11 is 3.50. The molecular weight excluding hydrogens is 566 g/mol. The molecular formula is C30H30BrNO7. The summed E-state index contributed by atoms with van der Waals surface area (Å²) < 4.78 is 24.2. The number of benzene rings is 3. The van der Waals surface area contributed by atoms with Gasteiger partial charge in [-0.1, -0.05) is 52.3 Å². The molecule has 1 heterocycles. The highest BCUT2D eigenvalue weighted by molar-refractivity contribution is 9.10. The number of fused-ring (bicyclic) bond motifs is 1. The molecule has 204 valence electrons. The van der Waals surface area contributed by atoms with Crippen molar-refractivity contribution in [3.63, 3.8) is 0 Å². The maximum atomic E-state index is 13.7. The smallest absolute Gasteiger partial charge is 0.303 e. The maximum absolute atomic E-state index is 13.7. The van der Waals surface area contributed by atoms with Crippen molar-refractivity contribution in [1.82, 2.24) is 0 Å². The fourth-order valence-electron chi connectivity index (χ4n) is 4.66. The second-order valence-corrected chi connectivity index (χ2v) is 10.6. The first kappa shape index (κ1) is 28.2. The zero-order chi connectivity index (χ0) is 28.3. The maximum Gasteiger partial charge on any atom is 0.303 e. The van der Waals surface area contributed by atoms with Crippen LogP contribution in [0.3, 0.4) is 0 Å². The Balaban J connectivity index is 1.82. The Kier molecular flexibility index (Phi) is 8.30. The van der Waals surface area contributed by atoms with Crippen molar-refractivity contribution in [1.29, 1.82) is 0 Å². The Labute approximate surface area is 235 Å². The lowest BCUT2D eigenvalue weighted by atomic mass is 9.87. The van der Waals surface area contributed by atoms with Gasteiger partial charge in [0, 0.05) is 40.7 Å². The molecule has 3 aromatic carbocycles. The van der Waals surface area contributed by atoms with Crippen LogP contribution in [0.5, 0.6) is 11.5 Å². The van der Waals surface area contributed by atoms with Crippen LogP contribution in [0.15, 0.2) is 71.2 Å². The highest BCUT2D eigenvalue weighted by Crippen LogP contribution is 2.49. The Hall–Kier alpha value is -3.85. The van der Waals surface area contributed by atoms with Gasteiger partial charge < -0.3 is 23.8 Å². The van der Waals surface area contributed by atoms with Crippen molar-refractivity contribution < 1.29 is 33.3 Å². The molecule has 0 fully saturated rings. The molecule has 0 aromatic heterocycles. The molecule has 1 aliphatic heterocycles. The summed E-state index contributed by atoms with van der Waals surface area (Å²) in [5, 5.41) is 0. The predicted molar refractivity (Wildman–Crippen MR) is 149 cm³/mol. The molecule has 0 N–H and O–H groups in total. The molecule has 8 nitrogen and oxygen atoms in total. The minimum atomic E-state index is -1.06. The van der Waals surface area contributed by atoms with E-state index < -0.39 is 29.7 Å². The Morgan fingerprint density at radius 3 is 2.26 bits per heavy atom. The Morgan fingerprint density at radius 2 is 1.64 bits per heavy atom. The van der Waals surface area contributed by atoms with Gasteiger partial charge in [-0.25, -0.2) is 0 Å². The number of anilines is 1. The first-order valence-electron chi connectivity index (χ1n) is 12.4. The summed E-state index contributed by atoms with van der Waals surface area (Å²) in [6, 6.07) is 20.0. The normalized spacial score (nSPS) is 17.3. The minimum absolute atomic E-state index is 0.163. The summed E-state index contributed by atoms with van der Waals surface area (Å²) in [4.78, 5) is 39.3. The van der Waals surface area contributed by atoms with Crippen molar-refractivity contribution in [3.8, 4) is 11.5 Å². The lowest BCUT2D eigenvalue weighted by Gasteiger charge is -2.43. The first-order valence-corrected chi connectivity index (χ1v) is 13.2. The third-order valence-electron chi connectivity index (χ3n) is 6.36. The topological polar surface area (TPSA) is 91.4 Å². The number of hydrogen-bond acceptors (Lipinski definition) is 7. The monoisotopic (exact) mass is 595 g/mol. The van der Waals surface area contributed by atoms with Crippen molar-refractivity contribution in [2.24, 2.45) is 0 Å². The summed E-state index contributed by atoms with van der Waals surface area (Å²) in [6.45, 7) is 6.25. The molecule has 39 heavy (non-hydrogen) atoms. The van der Waals surface area contributed by atoms with Crippen molar-refractivity contribution >= 4 is 39.5 Å². The number of nitrogens with zero attached hydrogens (tertiary/aromatic N) is 1. The fourth-order valence-corrected chi connectivity index (χ4v) is 5.05. The van der Waals surface area contributed by atoms with Crippen LogP contribution in [-0.4, -0.2) is 36.7 Å². The summed E-state index contributed by atoms with van der Waals surface area (Å²) in [5.41, 5.74) is 1.33. The van der Waals surface area contributed by atoms with Crippen LogP contribution in [0.1, 0.15) is 55.3 Å². The van der Waals surface area contributed by atoms with Gasteiger partial charge >= 0.3 is 11.9 Å². The fraction of sp³-hybridized carbons (Fsp3) is 0.300.